The lowest BCUT2D eigenvalue weighted by Gasteiger charge is -2.37. The van der Waals surface area contributed by atoms with E-state index in [1.165, 1.54) is 70.8 Å². The summed E-state index contributed by atoms with van der Waals surface area (Å²) in [4.78, 5) is 13.8. The molecule has 1 aliphatic carbocycles. The number of carbonyl (C=O) groups is 1. The highest BCUT2D eigenvalue weighted by molar-refractivity contribution is 5.75. The summed E-state index contributed by atoms with van der Waals surface area (Å²) in [6.07, 6.45) is 16.2. The molecule has 1 heterocycles. The van der Waals surface area contributed by atoms with Gasteiger partial charge in [-0.2, -0.15) is 0 Å². The lowest BCUT2D eigenvalue weighted by molar-refractivity contribution is -0.117. The first-order chi connectivity index (χ1) is 9.75. The van der Waals surface area contributed by atoms with Gasteiger partial charge in [0, 0.05) is 12.5 Å². The van der Waals surface area contributed by atoms with Gasteiger partial charge in [0.05, 0.1) is 0 Å². The molecule has 1 saturated carbocycles. The zero-order valence-corrected chi connectivity index (χ0v) is 13.4. The van der Waals surface area contributed by atoms with Crippen molar-refractivity contribution in [2.75, 3.05) is 13.1 Å². The molecule has 1 aliphatic heterocycles. The van der Waals surface area contributed by atoms with Crippen molar-refractivity contribution in [3.05, 3.63) is 0 Å². The van der Waals surface area contributed by atoms with Crippen LogP contribution in [0.5, 0.6) is 0 Å². The largest absolute Gasteiger partial charge is 0.300 e. The predicted molar refractivity (Wildman–Crippen MR) is 84.9 cm³/mol. The van der Waals surface area contributed by atoms with Crippen molar-refractivity contribution in [3.8, 4) is 0 Å². The Labute approximate surface area is 125 Å². The summed E-state index contributed by atoms with van der Waals surface area (Å²) >= 11 is 0. The van der Waals surface area contributed by atoms with Crippen LogP contribution in [0.2, 0.25) is 0 Å². The van der Waals surface area contributed by atoms with Crippen LogP contribution in [0.25, 0.3) is 0 Å². The third-order valence-corrected chi connectivity index (χ3v) is 5.36. The third-order valence-electron chi connectivity index (χ3n) is 5.36. The molecule has 1 saturated heterocycles. The second-order valence-electron chi connectivity index (χ2n) is 7.07. The van der Waals surface area contributed by atoms with Crippen LogP contribution in [0, 0.1) is 5.92 Å². The average Bonchev–Trinajstić information content (AvgIpc) is 2.47. The molecule has 0 aromatic carbocycles. The summed E-state index contributed by atoms with van der Waals surface area (Å²) < 4.78 is 0. The van der Waals surface area contributed by atoms with Gasteiger partial charge in [-0.15, -0.1) is 0 Å². The van der Waals surface area contributed by atoms with Gasteiger partial charge in [0.15, 0.2) is 0 Å². The molecule has 2 rings (SSSR count). The van der Waals surface area contributed by atoms with E-state index in [0.717, 1.165) is 31.3 Å². The molecule has 2 aliphatic rings. The van der Waals surface area contributed by atoms with Gasteiger partial charge in [0.2, 0.25) is 0 Å². The fraction of sp³-hybridized carbons (Fsp3) is 0.944. The molecule has 116 valence electrons. The average molecular weight is 279 g/mol. The maximum Gasteiger partial charge on any atom is 0.129 e. The number of Topliss-reactive ketones (excluding diaryl/α,β-unsaturated/α-hetero) is 1. The van der Waals surface area contributed by atoms with Crippen molar-refractivity contribution in [2.24, 2.45) is 5.92 Å². The highest BCUT2D eigenvalue weighted by Crippen LogP contribution is 2.30. The number of hydrogen-bond donors (Lipinski definition) is 0. The van der Waals surface area contributed by atoms with Gasteiger partial charge < -0.3 is 9.69 Å². The van der Waals surface area contributed by atoms with Gasteiger partial charge >= 0.3 is 0 Å². The fourth-order valence-corrected chi connectivity index (χ4v) is 4.12. The zero-order chi connectivity index (χ0) is 14.2. The maximum atomic E-state index is 11.1. The first kappa shape index (κ1) is 16.0. The number of likely N-dealkylation sites (tertiary alicyclic amines) is 1. The highest BCUT2D eigenvalue weighted by Gasteiger charge is 2.23. The highest BCUT2D eigenvalue weighted by atomic mass is 16.1. The molecule has 2 fully saturated rings. The Morgan fingerprint density at radius 3 is 2.50 bits per heavy atom. The Kier molecular flexibility index (Phi) is 7.06. The summed E-state index contributed by atoms with van der Waals surface area (Å²) in [5.41, 5.74) is 0. The van der Waals surface area contributed by atoms with E-state index < -0.39 is 0 Å². The summed E-state index contributed by atoms with van der Waals surface area (Å²) in [6, 6.07) is 0.817. The molecule has 0 aromatic rings. The third kappa shape index (κ3) is 5.55. The van der Waals surface area contributed by atoms with Crippen LogP contribution >= 0.6 is 0 Å². The Morgan fingerprint density at radius 2 is 1.75 bits per heavy atom. The standard InChI is InChI=1S/C18H33NO/c1-16(20)8-7-15-19-14-6-5-11-18(19)13-12-17-9-3-2-4-10-17/h17-18H,2-15H2,1H3. The molecule has 0 aromatic heterocycles. The number of carbonyl (C=O) groups excluding carboxylic acids is 1. The van der Waals surface area contributed by atoms with Crippen LogP contribution in [0.15, 0.2) is 0 Å². The molecular weight excluding hydrogens is 246 g/mol. The lowest BCUT2D eigenvalue weighted by Crippen LogP contribution is -2.40. The van der Waals surface area contributed by atoms with Gasteiger partial charge in [-0.25, -0.2) is 0 Å². The molecule has 0 radical (unpaired) electrons. The number of piperidine rings is 1. The van der Waals surface area contributed by atoms with Gasteiger partial charge in [-0.3, -0.25) is 0 Å². The lowest BCUT2D eigenvalue weighted by atomic mass is 9.84. The SMILES string of the molecule is CC(=O)CCCN1CCCCC1CCC1CCCCC1. The van der Waals surface area contributed by atoms with Crippen molar-refractivity contribution in [2.45, 2.75) is 90.0 Å². The summed E-state index contributed by atoms with van der Waals surface area (Å²) in [7, 11) is 0. The predicted octanol–water partition coefficient (Wildman–Crippen LogP) is 4.57. The normalized spacial score (nSPS) is 25.8. The molecule has 0 bridgehead atoms. The zero-order valence-electron chi connectivity index (χ0n) is 13.4. The van der Waals surface area contributed by atoms with E-state index >= 15 is 0 Å². The summed E-state index contributed by atoms with van der Waals surface area (Å²) in [6.45, 7) is 4.14. The number of ketones is 1. The van der Waals surface area contributed by atoms with Crippen molar-refractivity contribution >= 4 is 5.78 Å². The molecule has 1 unspecified atom stereocenters. The van der Waals surface area contributed by atoms with E-state index in [1.807, 2.05) is 0 Å². The van der Waals surface area contributed by atoms with Crippen LogP contribution < -0.4 is 0 Å². The molecular formula is C18H33NO. The van der Waals surface area contributed by atoms with E-state index in [4.69, 9.17) is 0 Å². The van der Waals surface area contributed by atoms with E-state index in [9.17, 15) is 4.79 Å². The Morgan fingerprint density at radius 1 is 1.00 bits per heavy atom. The van der Waals surface area contributed by atoms with E-state index in [1.54, 1.807) is 6.92 Å². The van der Waals surface area contributed by atoms with Gasteiger partial charge in [0.25, 0.3) is 0 Å². The first-order valence-corrected chi connectivity index (χ1v) is 8.99. The van der Waals surface area contributed by atoms with Crippen LogP contribution in [-0.4, -0.2) is 29.8 Å². The molecule has 2 heteroatoms. The topological polar surface area (TPSA) is 20.3 Å². The molecule has 1 atom stereocenters. The quantitative estimate of drug-likeness (QED) is 0.680. The first-order valence-electron chi connectivity index (χ1n) is 8.99. The second kappa shape index (κ2) is 8.81. The van der Waals surface area contributed by atoms with Gasteiger partial charge in [-0.05, 0) is 58.0 Å². The molecule has 0 amide bonds. The minimum absolute atomic E-state index is 0.348. The minimum atomic E-state index is 0.348. The molecule has 20 heavy (non-hydrogen) atoms. The van der Waals surface area contributed by atoms with Crippen molar-refractivity contribution in [1.29, 1.82) is 0 Å². The van der Waals surface area contributed by atoms with E-state index in [-0.39, 0.29) is 0 Å². The van der Waals surface area contributed by atoms with Crippen molar-refractivity contribution in [3.63, 3.8) is 0 Å². The molecule has 0 N–H and O–H groups in total. The number of nitrogens with zero attached hydrogens (tertiary/aromatic N) is 1. The Hall–Kier alpha value is -0.370. The Bertz CT molecular complexity index is 283. The second-order valence-corrected chi connectivity index (χ2v) is 7.07. The number of rotatable bonds is 7. The van der Waals surface area contributed by atoms with E-state index in [2.05, 4.69) is 4.90 Å². The van der Waals surface area contributed by atoms with Crippen LogP contribution in [-0.2, 0) is 4.79 Å². The summed E-state index contributed by atoms with van der Waals surface area (Å²) in [5, 5.41) is 0. The summed E-state index contributed by atoms with van der Waals surface area (Å²) in [5.74, 6) is 1.37. The molecule has 2 nitrogen and oxygen atoms in total. The molecule has 0 spiro atoms. The Balaban J connectivity index is 1.70. The maximum absolute atomic E-state index is 11.1. The van der Waals surface area contributed by atoms with Crippen LogP contribution in [0.1, 0.15) is 84.0 Å². The fourth-order valence-electron chi connectivity index (χ4n) is 4.12. The van der Waals surface area contributed by atoms with E-state index in [0.29, 0.717) is 5.78 Å². The van der Waals surface area contributed by atoms with Crippen molar-refractivity contribution < 1.29 is 4.79 Å². The van der Waals surface area contributed by atoms with Gasteiger partial charge in [-0.1, -0.05) is 38.5 Å². The minimum Gasteiger partial charge on any atom is -0.300 e. The van der Waals surface area contributed by atoms with Crippen molar-refractivity contribution in [1.82, 2.24) is 4.90 Å². The monoisotopic (exact) mass is 279 g/mol. The van der Waals surface area contributed by atoms with Crippen LogP contribution in [0.3, 0.4) is 0 Å². The smallest absolute Gasteiger partial charge is 0.129 e. The van der Waals surface area contributed by atoms with Gasteiger partial charge in [0.1, 0.15) is 5.78 Å². The van der Waals surface area contributed by atoms with Crippen LogP contribution in [0.4, 0.5) is 0 Å². The number of hydrogen-bond acceptors (Lipinski definition) is 2.